The quantitative estimate of drug-likeness (QED) is 0.728. The molecular weight excluding hydrogens is 246 g/mol. The number of nitrogens with zero attached hydrogens (tertiary/aromatic N) is 1. The molecule has 0 radical (unpaired) electrons. The normalized spacial score (nSPS) is 18.4. The number of carbonyl (C=O) groups excluding carboxylic acids is 1. The highest BCUT2D eigenvalue weighted by molar-refractivity contribution is 6.10. The minimum absolute atomic E-state index is 0.155. The highest BCUT2D eigenvalue weighted by Gasteiger charge is 2.36. The molecule has 1 heterocycles. The van der Waals surface area contributed by atoms with Crippen molar-refractivity contribution in [2.45, 2.75) is 46.0 Å². The molecule has 1 aliphatic rings. The molecule has 0 aliphatic heterocycles. The van der Waals surface area contributed by atoms with Gasteiger partial charge in [0.2, 0.25) is 0 Å². The fourth-order valence-electron chi connectivity index (χ4n) is 3.56. The van der Waals surface area contributed by atoms with E-state index in [4.69, 9.17) is 0 Å². The first-order valence-corrected chi connectivity index (χ1v) is 7.62. The Hall–Kier alpha value is -1.57. The predicted molar refractivity (Wildman–Crippen MR) is 83.2 cm³/mol. The van der Waals surface area contributed by atoms with Gasteiger partial charge in [-0.25, -0.2) is 0 Å². The molecule has 0 amide bonds. The zero-order chi connectivity index (χ0) is 14.3. The average Bonchev–Trinajstić information content (AvgIpc) is 2.76. The molecule has 0 bridgehead atoms. The van der Waals surface area contributed by atoms with Gasteiger partial charge >= 0.3 is 0 Å². The van der Waals surface area contributed by atoms with Crippen LogP contribution in [0.2, 0.25) is 0 Å². The first kappa shape index (κ1) is 13.4. The molecule has 1 aromatic carbocycles. The molecule has 1 fully saturated rings. The van der Waals surface area contributed by atoms with E-state index >= 15 is 0 Å². The van der Waals surface area contributed by atoms with Crippen LogP contribution in [0.15, 0.2) is 24.4 Å². The van der Waals surface area contributed by atoms with Crippen LogP contribution in [0.4, 0.5) is 0 Å². The van der Waals surface area contributed by atoms with Crippen LogP contribution in [0, 0.1) is 12.3 Å². The standard InChI is InChI=1S/C18H23NO/c1-13-7-8-14-15(12-19(3)16(14)11-13)17(20)18(2)9-5-4-6-10-18/h7-8,11-12H,4-6,9-10H2,1-3H3. The second-order valence-electron chi connectivity index (χ2n) is 6.62. The Kier molecular flexibility index (Phi) is 3.19. The van der Waals surface area contributed by atoms with Crippen LogP contribution in [0.3, 0.4) is 0 Å². The summed E-state index contributed by atoms with van der Waals surface area (Å²) < 4.78 is 2.09. The summed E-state index contributed by atoms with van der Waals surface area (Å²) in [7, 11) is 2.03. The summed E-state index contributed by atoms with van der Waals surface area (Å²) in [5, 5.41) is 1.11. The van der Waals surface area contributed by atoms with Crippen molar-refractivity contribution >= 4 is 16.7 Å². The van der Waals surface area contributed by atoms with Gasteiger partial charge < -0.3 is 4.57 Å². The first-order valence-electron chi connectivity index (χ1n) is 7.62. The van der Waals surface area contributed by atoms with Crippen LogP contribution in [0.25, 0.3) is 10.9 Å². The number of benzene rings is 1. The monoisotopic (exact) mass is 269 g/mol. The van der Waals surface area contributed by atoms with Gasteiger partial charge in [-0.05, 0) is 31.4 Å². The number of carbonyl (C=O) groups is 1. The van der Waals surface area contributed by atoms with E-state index in [-0.39, 0.29) is 5.41 Å². The minimum Gasteiger partial charge on any atom is -0.350 e. The number of rotatable bonds is 2. The van der Waals surface area contributed by atoms with Crippen LogP contribution >= 0.6 is 0 Å². The van der Waals surface area contributed by atoms with Crippen LogP contribution in [-0.2, 0) is 7.05 Å². The Morgan fingerprint density at radius 1 is 1.20 bits per heavy atom. The van der Waals surface area contributed by atoms with Gasteiger partial charge in [-0.2, -0.15) is 0 Å². The van der Waals surface area contributed by atoms with Gasteiger partial charge in [-0.15, -0.1) is 0 Å². The van der Waals surface area contributed by atoms with Gasteiger partial charge in [0.15, 0.2) is 5.78 Å². The van der Waals surface area contributed by atoms with Crippen molar-refractivity contribution < 1.29 is 4.79 Å². The molecule has 2 aromatic rings. The van der Waals surface area contributed by atoms with E-state index in [9.17, 15) is 4.79 Å². The van der Waals surface area contributed by atoms with E-state index in [1.807, 2.05) is 13.2 Å². The summed E-state index contributed by atoms with van der Waals surface area (Å²) in [6.07, 6.45) is 7.74. The summed E-state index contributed by atoms with van der Waals surface area (Å²) in [5.74, 6) is 0.339. The third-order valence-corrected chi connectivity index (χ3v) is 4.90. The van der Waals surface area contributed by atoms with E-state index in [0.717, 1.165) is 29.3 Å². The number of ketones is 1. The van der Waals surface area contributed by atoms with Crippen molar-refractivity contribution in [3.63, 3.8) is 0 Å². The van der Waals surface area contributed by atoms with Crippen molar-refractivity contribution in [3.05, 3.63) is 35.5 Å². The molecule has 1 aliphatic carbocycles. The maximum atomic E-state index is 13.0. The van der Waals surface area contributed by atoms with Crippen LogP contribution < -0.4 is 0 Å². The second kappa shape index (κ2) is 4.76. The summed E-state index contributed by atoms with van der Waals surface area (Å²) in [6, 6.07) is 6.36. The molecule has 0 unspecified atom stereocenters. The number of aromatic nitrogens is 1. The summed E-state index contributed by atoms with van der Waals surface area (Å²) in [5.41, 5.74) is 3.15. The van der Waals surface area contributed by atoms with Crippen molar-refractivity contribution in [1.29, 1.82) is 0 Å². The lowest BCUT2D eigenvalue weighted by Gasteiger charge is -2.31. The highest BCUT2D eigenvalue weighted by Crippen LogP contribution is 2.40. The van der Waals surface area contributed by atoms with E-state index in [0.29, 0.717) is 5.78 Å². The SMILES string of the molecule is Cc1ccc2c(C(=O)C3(C)CCCCC3)cn(C)c2c1. The van der Waals surface area contributed by atoms with E-state index in [1.54, 1.807) is 0 Å². The summed E-state index contributed by atoms with van der Waals surface area (Å²) in [4.78, 5) is 13.0. The number of aryl methyl sites for hydroxylation is 2. The number of Topliss-reactive ketones (excluding diaryl/α,β-unsaturated/α-hetero) is 1. The molecule has 2 heteroatoms. The molecule has 0 spiro atoms. The Labute approximate surface area is 120 Å². The Balaban J connectivity index is 2.08. The van der Waals surface area contributed by atoms with Crippen LogP contribution in [-0.4, -0.2) is 10.4 Å². The number of hydrogen-bond donors (Lipinski definition) is 0. The molecule has 20 heavy (non-hydrogen) atoms. The lowest BCUT2D eigenvalue weighted by molar-refractivity contribution is 0.0751. The molecule has 1 aromatic heterocycles. The average molecular weight is 269 g/mol. The van der Waals surface area contributed by atoms with E-state index in [2.05, 4.69) is 36.6 Å². The maximum Gasteiger partial charge on any atom is 0.170 e. The molecule has 0 atom stereocenters. The van der Waals surface area contributed by atoms with Crippen molar-refractivity contribution in [1.82, 2.24) is 4.57 Å². The zero-order valence-electron chi connectivity index (χ0n) is 12.7. The Morgan fingerprint density at radius 3 is 2.60 bits per heavy atom. The van der Waals surface area contributed by atoms with Crippen molar-refractivity contribution in [3.8, 4) is 0 Å². The third-order valence-electron chi connectivity index (χ3n) is 4.90. The van der Waals surface area contributed by atoms with Crippen molar-refractivity contribution in [2.75, 3.05) is 0 Å². The lowest BCUT2D eigenvalue weighted by atomic mass is 9.71. The Bertz CT molecular complexity index is 659. The minimum atomic E-state index is -0.155. The molecule has 0 N–H and O–H groups in total. The smallest absolute Gasteiger partial charge is 0.170 e. The van der Waals surface area contributed by atoms with Gasteiger partial charge in [-0.1, -0.05) is 38.3 Å². The third kappa shape index (κ3) is 2.07. The number of fused-ring (bicyclic) bond motifs is 1. The van der Waals surface area contributed by atoms with E-state index < -0.39 is 0 Å². The van der Waals surface area contributed by atoms with Gasteiger partial charge in [0.25, 0.3) is 0 Å². The molecular formula is C18H23NO. The molecule has 2 nitrogen and oxygen atoms in total. The Morgan fingerprint density at radius 2 is 1.90 bits per heavy atom. The second-order valence-corrected chi connectivity index (χ2v) is 6.62. The molecule has 1 saturated carbocycles. The summed E-state index contributed by atoms with van der Waals surface area (Å²) >= 11 is 0. The van der Waals surface area contributed by atoms with Crippen LogP contribution in [0.1, 0.15) is 54.9 Å². The summed E-state index contributed by atoms with van der Waals surface area (Å²) in [6.45, 7) is 4.25. The topological polar surface area (TPSA) is 22.0 Å². The first-order chi connectivity index (χ1) is 9.51. The van der Waals surface area contributed by atoms with Gasteiger partial charge in [-0.3, -0.25) is 4.79 Å². The predicted octanol–water partition coefficient (Wildman–Crippen LogP) is 4.64. The van der Waals surface area contributed by atoms with Crippen LogP contribution in [0.5, 0.6) is 0 Å². The number of hydrogen-bond acceptors (Lipinski definition) is 1. The van der Waals surface area contributed by atoms with Gasteiger partial charge in [0.05, 0.1) is 0 Å². The van der Waals surface area contributed by atoms with Gasteiger partial charge in [0, 0.05) is 35.1 Å². The van der Waals surface area contributed by atoms with E-state index in [1.165, 1.54) is 24.8 Å². The maximum absolute atomic E-state index is 13.0. The largest absolute Gasteiger partial charge is 0.350 e. The molecule has 0 saturated heterocycles. The van der Waals surface area contributed by atoms with Gasteiger partial charge in [0.1, 0.15) is 0 Å². The highest BCUT2D eigenvalue weighted by atomic mass is 16.1. The van der Waals surface area contributed by atoms with Crippen molar-refractivity contribution in [2.24, 2.45) is 12.5 Å². The lowest BCUT2D eigenvalue weighted by Crippen LogP contribution is -2.30. The fourth-order valence-corrected chi connectivity index (χ4v) is 3.56. The molecule has 3 rings (SSSR count). The fraction of sp³-hybridized carbons (Fsp3) is 0.500. The molecule has 106 valence electrons. The zero-order valence-corrected chi connectivity index (χ0v) is 12.7.